The molecule has 2 N–H and O–H groups in total. The Morgan fingerprint density at radius 1 is 1.29 bits per heavy atom. The van der Waals surface area contributed by atoms with Crippen molar-refractivity contribution in [3.63, 3.8) is 0 Å². The summed E-state index contributed by atoms with van der Waals surface area (Å²) >= 11 is 6.94. The molecule has 0 saturated carbocycles. The number of aliphatic imine (C=N–C) groups is 1. The molecule has 1 aliphatic heterocycles. The van der Waals surface area contributed by atoms with E-state index in [2.05, 4.69) is 17.1 Å². The Hall–Kier alpha value is -2.45. The van der Waals surface area contributed by atoms with Gasteiger partial charge < -0.3 is 19.9 Å². The molecule has 6 nitrogen and oxygen atoms in total. The van der Waals surface area contributed by atoms with Gasteiger partial charge in [0.1, 0.15) is 17.2 Å². The molecule has 0 radical (unpaired) electrons. The first-order valence-electron chi connectivity index (χ1n) is 8.85. The molecule has 0 atom stereocenters. The van der Waals surface area contributed by atoms with Gasteiger partial charge in [0.25, 0.3) is 0 Å². The third kappa shape index (κ3) is 4.88. The van der Waals surface area contributed by atoms with Crippen LogP contribution in [0.4, 0.5) is 0 Å². The van der Waals surface area contributed by atoms with Gasteiger partial charge in [-0.3, -0.25) is 4.31 Å². The maximum absolute atomic E-state index is 5.79. The fourth-order valence-corrected chi connectivity index (χ4v) is 4.02. The second-order valence-corrected chi connectivity index (χ2v) is 7.55. The summed E-state index contributed by atoms with van der Waals surface area (Å²) in [6.07, 6.45) is 3.30. The molecule has 1 heterocycles. The van der Waals surface area contributed by atoms with Crippen LogP contribution in [-0.2, 0) is 13.0 Å². The SMILES string of the molecule is COc1ccc(CN(Sc2ccc3c(c2)OCCC3)C(=S)/N=C\N)c(OC)c1. The van der Waals surface area contributed by atoms with Crippen LogP contribution in [0.15, 0.2) is 46.3 Å². The van der Waals surface area contributed by atoms with Crippen molar-refractivity contribution in [2.45, 2.75) is 24.3 Å². The molecule has 2 aromatic carbocycles. The van der Waals surface area contributed by atoms with E-state index in [1.807, 2.05) is 28.6 Å². The summed E-state index contributed by atoms with van der Waals surface area (Å²) in [5, 5.41) is 0.379. The minimum absolute atomic E-state index is 0.379. The van der Waals surface area contributed by atoms with Gasteiger partial charge in [0, 0.05) is 16.5 Å². The number of fused-ring (bicyclic) bond motifs is 1. The summed E-state index contributed by atoms with van der Waals surface area (Å²) in [6, 6.07) is 11.9. The van der Waals surface area contributed by atoms with E-state index in [9.17, 15) is 0 Å². The summed E-state index contributed by atoms with van der Waals surface area (Å²) in [6.45, 7) is 1.25. The van der Waals surface area contributed by atoms with E-state index in [1.165, 1.54) is 23.8 Å². The lowest BCUT2D eigenvalue weighted by Gasteiger charge is -2.24. The van der Waals surface area contributed by atoms with Crippen molar-refractivity contribution < 1.29 is 14.2 Å². The molecule has 28 heavy (non-hydrogen) atoms. The number of ether oxygens (including phenoxy) is 3. The molecule has 0 amide bonds. The summed E-state index contributed by atoms with van der Waals surface area (Å²) in [5.41, 5.74) is 7.66. The molecule has 1 aliphatic rings. The zero-order valence-electron chi connectivity index (χ0n) is 15.9. The fraction of sp³-hybridized carbons (Fsp3) is 0.300. The molecule has 2 aromatic rings. The molecule has 0 unspecified atom stereocenters. The second kappa shape index (κ2) is 9.66. The van der Waals surface area contributed by atoms with Crippen molar-refractivity contribution in [3.05, 3.63) is 47.5 Å². The van der Waals surface area contributed by atoms with E-state index >= 15 is 0 Å². The number of benzene rings is 2. The highest BCUT2D eigenvalue weighted by molar-refractivity contribution is 7.98. The van der Waals surface area contributed by atoms with Crippen LogP contribution in [0.25, 0.3) is 0 Å². The molecule has 0 fully saturated rings. The van der Waals surface area contributed by atoms with E-state index in [0.29, 0.717) is 11.7 Å². The highest BCUT2D eigenvalue weighted by Gasteiger charge is 2.17. The van der Waals surface area contributed by atoms with Crippen molar-refractivity contribution in [2.24, 2.45) is 10.7 Å². The molecule has 0 saturated heterocycles. The van der Waals surface area contributed by atoms with E-state index in [-0.39, 0.29) is 0 Å². The monoisotopic (exact) mass is 417 g/mol. The molecule has 0 aliphatic carbocycles. The quantitative estimate of drug-likeness (QED) is 0.332. The Labute approximate surface area is 174 Å². The summed E-state index contributed by atoms with van der Waals surface area (Å²) in [7, 11) is 3.26. The van der Waals surface area contributed by atoms with Crippen molar-refractivity contribution in [1.82, 2.24) is 4.31 Å². The lowest BCUT2D eigenvalue weighted by molar-refractivity contribution is 0.287. The van der Waals surface area contributed by atoms with Crippen molar-refractivity contribution >= 4 is 35.6 Å². The first-order valence-corrected chi connectivity index (χ1v) is 10.0. The molecule has 0 spiro atoms. The van der Waals surface area contributed by atoms with Crippen LogP contribution in [0, 0.1) is 0 Å². The predicted octanol–water partition coefficient (Wildman–Crippen LogP) is 3.81. The van der Waals surface area contributed by atoms with Gasteiger partial charge in [0.2, 0.25) is 5.11 Å². The van der Waals surface area contributed by atoms with Gasteiger partial charge >= 0.3 is 0 Å². The third-order valence-corrected chi connectivity index (χ3v) is 5.74. The van der Waals surface area contributed by atoms with Gasteiger partial charge in [-0.25, -0.2) is 4.99 Å². The van der Waals surface area contributed by atoms with E-state index < -0.39 is 0 Å². The number of nitrogens with zero attached hydrogens (tertiary/aromatic N) is 2. The number of methoxy groups -OCH3 is 2. The lowest BCUT2D eigenvalue weighted by atomic mass is 10.1. The normalized spacial score (nSPS) is 12.9. The minimum Gasteiger partial charge on any atom is -0.497 e. The Morgan fingerprint density at radius 2 is 2.14 bits per heavy atom. The number of thiocarbonyl (C=S) groups is 1. The first kappa shape index (κ1) is 20.3. The predicted molar refractivity (Wildman–Crippen MR) is 116 cm³/mol. The van der Waals surface area contributed by atoms with Gasteiger partial charge in [-0.2, -0.15) is 0 Å². The number of rotatable bonds is 6. The average molecular weight is 418 g/mol. The second-order valence-electron chi connectivity index (χ2n) is 6.09. The minimum atomic E-state index is 0.379. The van der Waals surface area contributed by atoms with Crippen LogP contribution in [0.5, 0.6) is 17.2 Å². The summed E-state index contributed by atoms with van der Waals surface area (Å²) in [5.74, 6) is 2.39. The molecule has 3 rings (SSSR count). The number of hydrogen-bond acceptors (Lipinski definition) is 5. The van der Waals surface area contributed by atoms with Crippen LogP contribution < -0.4 is 19.9 Å². The molecule has 0 aromatic heterocycles. The zero-order valence-corrected chi connectivity index (χ0v) is 17.5. The molecular formula is C20H23N3O3S2. The first-order chi connectivity index (χ1) is 13.6. The van der Waals surface area contributed by atoms with Gasteiger partial charge in [0.05, 0.1) is 33.7 Å². The molecular weight excluding hydrogens is 394 g/mol. The van der Waals surface area contributed by atoms with E-state index in [4.69, 9.17) is 32.2 Å². The van der Waals surface area contributed by atoms with Gasteiger partial charge in [0.15, 0.2) is 0 Å². The highest BCUT2D eigenvalue weighted by Crippen LogP contribution is 2.34. The lowest BCUT2D eigenvalue weighted by Crippen LogP contribution is -2.21. The van der Waals surface area contributed by atoms with Crippen molar-refractivity contribution in [2.75, 3.05) is 20.8 Å². The Kier molecular flexibility index (Phi) is 7.00. The standard InChI is InChI=1S/C20H23N3O3S2/c1-24-16-7-5-15(18(10-16)25-2)12-23(20(27)22-13-21)28-17-8-6-14-4-3-9-26-19(14)11-17/h5-8,10-11,13H,3-4,9,12H2,1-2H3,(H2,21,22,27). The summed E-state index contributed by atoms with van der Waals surface area (Å²) in [4.78, 5) is 5.10. The van der Waals surface area contributed by atoms with Gasteiger partial charge in [-0.1, -0.05) is 6.07 Å². The van der Waals surface area contributed by atoms with Crippen LogP contribution in [0.1, 0.15) is 17.5 Å². The molecule has 0 bridgehead atoms. The smallest absolute Gasteiger partial charge is 0.207 e. The van der Waals surface area contributed by atoms with Crippen LogP contribution >= 0.6 is 24.2 Å². The number of hydrogen-bond donors (Lipinski definition) is 1. The van der Waals surface area contributed by atoms with Crippen LogP contribution in [-0.4, -0.2) is 36.6 Å². The molecule has 148 valence electrons. The van der Waals surface area contributed by atoms with Crippen LogP contribution in [0.2, 0.25) is 0 Å². The Bertz CT molecular complexity index is 874. The fourth-order valence-electron chi connectivity index (χ4n) is 2.91. The zero-order chi connectivity index (χ0) is 19.9. The Morgan fingerprint density at radius 3 is 2.89 bits per heavy atom. The highest BCUT2D eigenvalue weighted by atomic mass is 32.2. The maximum Gasteiger partial charge on any atom is 0.207 e. The third-order valence-electron chi connectivity index (χ3n) is 4.31. The van der Waals surface area contributed by atoms with Gasteiger partial charge in [-0.05, 0) is 66.8 Å². The van der Waals surface area contributed by atoms with Gasteiger partial charge in [-0.15, -0.1) is 0 Å². The van der Waals surface area contributed by atoms with Crippen molar-refractivity contribution in [3.8, 4) is 17.2 Å². The topological polar surface area (TPSA) is 69.3 Å². The number of nitrogens with two attached hydrogens (primary N) is 1. The largest absolute Gasteiger partial charge is 0.497 e. The molecule has 8 heteroatoms. The number of aryl methyl sites for hydroxylation is 1. The van der Waals surface area contributed by atoms with E-state index in [0.717, 1.165) is 47.2 Å². The van der Waals surface area contributed by atoms with E-state index in [1.54, 1.807) is 14.2 Å². The van der Waals surface area contributed by atoms with Crippen LogP contribution in [0.3, 0.4) is 0 Å². The summed E-state index contributed by atoms with van der Waals surface area (Å²) < 4.78 is 18.5. The maximum atomic E-state index is 5.79. The Balaban J connectivity index is 1.85. The van der Waals surface area contributed by atoms with Crippen molar-refractivity contribution in [1.29, 1.82) is 0 Å². The average Bonchev–Trinajstić information content (AvgIpc) is 2.73.